The van der Waals surface area contributed by atoms with Gasteiger partial charge in [0.1, 0.15) is 0 Å². The lowest BCUT2D eigenvalue weighted by atomic mass is 10.1. The molecule has 2 nitrogen and oxygen atoms in total. The lowest BCUT2D eigenvalue weighted by Gasteiger charge is -1.96. The molecule has 0 spiro atoms. The minimum Gasteiger partial charge on any atom is -0.146 e. The Bertz CT molecular complexity index is 297. The second-order valence-electron chi connectivity index (χ2n) is 2.84. The van der Waals surface area contributed by atoms with Gasteiger partial charge >= 0.3 is 8.03 Å². The van der Waals surface area contributed by atoms with Crippen molar-refractivity contribution in [3.63, 3.8) is 0 Å². The molecule has 0 amide bonds. The van der Waals surface area contributed by atoms with Crippen LogP contribution in [0.1, 0.15) is 18.1 Å². The number of rotatable bonds is 4. The molecule has 0 saturated carbocycles. The van der Waals surface area contributed by atoms with Crippen LogP contribution in [0, 0.1) is 6.92 Å². The predicted molar refractivity (Wildman–Crippen MR) is 54.1 cm³/mol. The lowest BCUT2D eigenvalue weighted by Crippen LogP contribution is -1.87. The quantitative estimate of drug-likeness (QED) is 0.692. The molecule has 3 heteroatoms. The van der Waals surface area contributed by atoms with Gasteiger partial charge in [-0.15, -0.1) is 4.52 Å². The van der Waals surface area contributed by atoms with Crippen molar-refractivity contribution in [1.29, 1.82) is 0 Å². The molecule has 1 aromatic carbocycles. The Morgan fingerprint density at radius 3 is 2.69 bits per heavy atom. The minimum atomic E-state index is -1.52. The van der Waals surface area contributed by atoms with Gasteiger partial charge in [0.25, 0.3) is 0 Å². The molecule has 1 rings (SSSR count). The van der Waals surface area contributed by atoms with Crippen LogP contribution < -0.4 is 0 Å². The Morgan fingerprint density at radius 1 is 1.38 bits per heavy atom. The van der Waals surface area contributed by atoms with Crippen molar-refractivity contribution in [2.24, 2.45) is 0 Å². The highest BCUT2D eigenvalue weighted by Gasteiger charge is 2.17. The molecule has 0 saturated heterocycles. The second-order valence-corrected chi connectivity index (χ2v) is 4.08. The zero-order valence-corrected chi connectivity index (χ0v) is 8.88. The SMILES string of the molecule is CCO[P+](=O)Cc1ccccc1C. The number of hydrogen-bond acceptors (Lipinski definition) is 2. The molecular formula is C10H14O2P+. The molecule has 0 fully saturated rings. The van der Waals surface area contributed by atoms with Gasteiger partial charge < -0.3 is 0 Å². The summed E-state index contributed by atoms with van der Waals surface area (Å²) in [6.45, 7) is 4.39. The molecule has 70 valence electrons. The van der Waals surface area contributed by atoms with E-state index in [0.717, 1.165) is 5.56 Å². The van der Waals surface area contributed by atoms with Crippen molar-refractivity contribution in [1.82, 2.24) is 0 Å². The fraction of sp³-hybridized carbons (Fsp3) is 0.400. The summed E-state index contributed by atoms with van der Waals surface area (Å²) in [5, 5.41) is 0. The Kier molecular flexibility index (Phi) is 4.07. The Hall–Kier alpha value is -0.720. The van der Waals surface area contributed by atoms with E-state index in [4.69, 9.17) is 4.52 Å². The van der Waals surface area contributed by atoms with Crippen molar-refractivity contribution in [2.45, 2.75) is 20.0 Å². The first-order chi connectivity index (χ1) is 6.24. The zero-order chi connectivity index (χ0) is 9.68. The summed E-state index contributed by atoms with van der Waals surface area (Å²) in [6, 6.07) is 7.94. The van der Waals surface area contributed by atoms with E-state index in [9.17, 15) is 4.57 Å². The molecule has 0 aliphatic heterocycles. The van der Waals surface area contributed by atoms with E-state index in [1.54, 1.807) is 0 Å². The molecule has 0 heterocycles. The summed E-state index contributed by atoms with van der Waals surface area (Å²) in [5.41, 5.74) is 2.28. The van der Waals surface area contributed by atoms with Gasteiger partial charge in [-0.2, -0.15) is 0 Å². The van der Waals surface area contributed by atoms with Crippen molar-refractivity contribution in [2.75, 3.05) is 6.61 Å². The van der Waals surface area contributed by atoms with E-state index in [-0.39, 0.29) is 0 Å². The largest absolute Gasteiger partial charge is 0.512 e. The van der Waals surface area contributed by atoms with Crippen molar-refractivity contribution in [3.05, 3.63) is 35.4 Å². The van der Waals surface area contributed by atoms with Crippen LogP contribution in [0.4, 0.5) is 0 Å². The van der Waals surface area contributed by atoms with E-state index in [2.05, 4.69) is 0 Å². The number of benzene rings is 1. The molecule has 0 N–H and O–H groups in total. The molecule has 0 bridgehead atoms. The summed E-state index contributed by atoms with van der Waals surface area (Å²) in [5.74, 6) is 0. The summed E-state index contributed by atoms with van der Waals surface area (Å²) in [6.07, 6.45) is 0.524. The maximum absolute atomic E-state index is 11.3. The van der Waals surface area contributed by atoms with Crippen LogP contribution in [0.3, 0.4) is 0 Å². The van der Waals surface area contributed by atoms with Crippen LogP contribution in [-0.4, -0.2) is 6.61 Å². The van der Waals surface area contributed by atoms with E-state index in [1.165, 1.54) is 5.56 Å². The standard InChI is InChI=1S/C10H14O2P/c1-3-12-13(11)8-10-7-5-4-6-9(10)2/h4-7H,3,8H2,1-2H3/q+1. The van der Waals surface area contributed by atoms with Crippen LogP contribution in [0.15, 0.2) is 24.3 Å². The fourth-order valence-corrected chi connectivity index (χ4v) is 2.13. The summed E-state index contributed by atoms with van der Waals surface area (Å²) in [4.78, 5) is 0. The van der Waals surface area contributed by atoms with Crippen molar-refractivity contribution >= 4 is 8.03 Å². The highest BCUT2D eigenvalue weighted by atomic mass is 31.1. The first-order valence-electron chi connectivity index (χ1n) is 4.36. The van der Waals surface area contributed by atoms with E-state index < -0.39 is 8.03 Å². The monoisotopic (exact) mass is 197 g/mol. The predicted octanol–water partition coefficient (Wildman–Crippen LogP) is 3.27. The Labute approximate surface area is 79.8 Å². The maximum atomic E-state index is 11.3. The van der Waals surface area contributed by atoms with Gasteiger partial charge in [0, 0.05) is 5.56 Å². The third-order valence-electron chi connectivity index (χ3n) is 1.83. The minimum absolute atomic E-state index is 0.515. The maximum Gasteiger partial charge on any atom is 0.512 e. The molecule has 1 aromatic rings. The van der Waals surface area contributed by atoms with Crippen LogP contribution in [0.5, 0.6) is 0 Å². The van der Waals surface area contributed by atoms with Gasteiger partial charge in [-0.1, -0.05) is 24.3 Å². The van der Waals surface area contributed by atoms with Crippen LogP contribution in [-0.2, 0) is 15.3 Å². The second kappa shape index (κ2) is 5.11. The van der Waals surface area contributed by atoms with Gasteiger partial charge in [0.15, 0.2) is 0 Å². The molecule has 0 radical (unpaired) electrons. The van der Waals surface area contributed by atoms with Crippen molar-refractivity contribution < 1.29 is 9.09 Å². The average Bonchev–Trinajstić information content (AvgIpc) is 2.09. The van der Waals surface area contributed by atoms with Gasteiger partial charge in [-0.3, -0.25) is 0 Å². The molecule has 0 aliphatic carbocycles. The van der Waals surface area contributed by atoms with Gasteiger partial charge in [0.2, 0.25) is 6.16 Å². The molecule has 0 aromatic heterocycles. The van der Waals surface area contributed by atoms with Crippen LogP contribution >= 0.6 is 8.03 Å². The van der Waals surface area contributed by atoms with E-state index in [1.807, 2.05) is 38.1 Å². The molecule has 1 unspecified atom stereocenters. The fourth-order valence-electron chi connectivity index (χ4n) is 1.12. The average molecular weight is 197 g/mol. The summed E-state index contributed by atoms with van der Waals surface area (Å²) >= 11 is 0. The normalized spacial score (nSPS) is 11.4. The third kappa shape index (κ3) is 3.25. The van der Waals surface area contributed by atoms with Crippen LogP contribution in [0.2, 0.25) is 0 Å². The topological polar surface area (TPSA) is 26.3 Å². The van der Waals surface area contributed by atoms with E-state index in [0.29, 0.717) is 12.8 Å². The Morgan fingerprint density at radius 2 is 2.08 bits per heavy atom. The number of hydrogen-bond donors (Lipinski definition) is 0. The summed E-state index contributed by atoms with van der Waals surface area (Å²) < 4.78 is 16.3. The van der Waals surface area contributed by atoms with Gasteiger partial charge in [0.05, 0.1) is 6.61 Å². The summed E-state index contributed by atoms with van der Waals surface area (Å²) in [7, 11) is -1.52. The first kappa shape index (κ1) is 10.4. The van der Waals surface area contributed by atoms with Crippen LogP contribution in [0.25, 0.3) is 0 Å². The third-order valence-corrected chi connectivity index (χ3v) is 2.98. The zero-order valence-electron chi connectivity index (χ0n) is 7.99. The smallest absolute Gasteiger partial charge is 0.146 e. The lowest BCUT2D eigenvalue weighted by molar-refractivity contribution is 0.350. The van der Waals surface area contributed by atoms with Gasteiger partial charge in [-0.25, -0.2) is 0 Å². The molecule has 13 heavy (non-hydrogen) atoms. The van der Waals surface area contributed by atoms with E-state index >= 15 is 0 Å². The highest BCUT2D eigenvalue weighted by Crippen LogP contribution is 2.28. The Balaban J connectivity index is 2.63. The molecular weight excluding hydrogens is 183 g/mol. The van der Waals surface area contributed by atoms with Crippen molar-refractivity contribution in [3.8, 4) is 0 Å². The molecule has 1 atom stereocenters. The number of aryl methyl sites for hydroxylation is 1. The molecule has 0 aliphatic rings. The first-order valence-corrected chi connectivity index (χ1v) is 5.72. The highest BCUT2D eigenvalue weighted by molar-refractivity contribution is 7.38. The van der Waals surface area contributed by atoms with Gasteiger partial charge in [-0.05, 0) is 24.0 Å².